The molecule has 1 fully saturated rings. The van der Waals surface area contributed by atoms with Crippen molar-refractivity contribution in [2.24, 2.45) is 0 Å². The predicted octanol–water partition coefficient (Wildman–Crippen LogP) is 2.22. The van der Waals surface area contributed by atoms with Gasteiger partial charge in [-0.1, -0.05) is 0 Å². The van der Waals surface area contributed by atoms with Crippen molar-refractivity contribution in [1.29, 1.82) is 0 Å². The highest BCUT2D eigenvalue weighted by Crippen LogP contribution is 2.21. The van der Waals surface area contributed by atoms with Crippen LogP contribution in [-0.4, -0.2) is 35.1 Å². The first-order valence-corrected chi connectivity index (χ1v) is 4.59. The van der Waals surface area contributed by atoms with E-state index in [0.717, 1.165) is 0 Å². The number of alkyl halides is 1. The third kappa shape index (κ3) is 2.59. The van der Waals surface area contributed by atoms with E-state index in [1.54, 1.807) is 0 Å². The van der Waals surface area contributed by atoms with Crippen LogP contribution < -0.4 is 0 Å². The lowest BCUT2D eigenvalue weighted by Crippen LogP contribution is -2.35. The van der Waals surface area contributed by atoms with Crippen LogP contribution in [0.2, 0.25) is 0 Å². The lowest BCUT2D eigenvalue weighted by Gasteiger charge is -2.25. The molecule has 1 heterocycles. The summed E-state index contributed by atoms with van der Waals surface area (Å²) < 4.78 is 12.9. The van der Waals surface area contributed by atoms with Gasteiger partial charge in [0, 0.05) is 13.1 Å². The number of nitrogens with zero attached hydrogens (tertiary/aromatic N) is 1. The van der Waals surface area contributed by atoms with Gasteiger partial charge in [-0.05, 0) is 18.4 Å². The van der Waals surface area contributed by atoms with Crippen LogP contribution in [0, 0.1) is 0 Å². The molecule has 3 nitrogen and oxygen atoms in total. The number of allylic oxidation sites excluding steroid dienone is 1. The Morgan fingerprint density at radius 1 is 1.54 bits per heavy atom. The van der Waals surface area contributed by atoms with Crippen molar-refractivity contribution in [3.63, 3.8) is 0 Å². The first-order chi connectivity index (χ1) is 6.15. The van der Waals surface area contributed by atoms with Crippen LogP contribution in [0.3, 0.4) is 0 Å². The second-order valence-corrected chi connectivity index (χ2v) is 3.18. The molecular formula is C8H11ClFNO2. The number of carbonyl (C=O) groups is 1. The molecule has 1 N–H and O–H groups in total. The van der Waals surface area contributed by atoms with E-state index in [0.29, 0.717) is 31.5 Å². The van der Waals surface area contributed by atoms with Gasteiger partial charge in [0.2, 0.25) is 0 Å². The molecule has 0 bridgehead atoms. The monoisotopic (exact) mass is 207 g/mol. The lowest BCUT2D eigenvalue weighted by molar-refractivity contribution is 0.141. The lowest BCUT2D eigenvalue weighted by atomic mass is 10.0. The van der Waals surface area contributed by atoms with Crippen molar-refractivity contribution < 1.29 is 14.3 Å². The number of hydrogen-bond donors (Lipinski definition) is 1. The van der Waals surface area contributed by atoms with E-state index in [1.807, 2.05) is 0 Å². The minimum atomic E-state index is -0.940. The normalized spacial score (nSPS) is 17.4. The summed E-state index contributed by atoms with van der Waals surface area (Å²) in [4.78, 5) is 11.8. The van der Waals surface area contributed by atoms with Crippen molar-refractivity contribution in [3.05, 3.63) is 11.4 Å². The largest absolute Gasteiger partial charge is 0.465 e. The molecule has 0 aliphatic carbocycles. The Morgan fingerprint density at radius 3 is 2.46 bits per heavy atom. The van der Waals surface area contributed by atoms with Crippen LogP contribution in [0.15, 0.2) is 11.4 Å². The summed E-state index contributed by atoms with van der Waals surface area (Å²) in [6, 6.07) is 0. The van der Waals surface area contributed by atoms with E-state index in [9.17, 15) is 9.18 Å². The predicted molar refractivity (Wildman–Crippen MR) is 47.7 cm³/mol. The summed E-state index contributed by atoms with van der Waals surface area (Å²) in [5.41, 5.74) is 0.660. The third-order valence-electron chi connectivity index (χ3n) is 2.14. The molecule has 0 aromatic carbocycles. The van der Waals surface area contributed by atoms with E-state index in [-0.39, 0.29) is 11.7 Å². The molecule has 1 amide bonds. The first kappa shape index (κ1) is 10.3. The molecule has 0 atom stereocenters. The molecule has 0 spiro atoms. The van der Waals surface area contributed by atoms with Crippen molar-refractivity contribution in [2.75, 3.05) is 19.0 Å². The number of likely N-dealkylation sites (tertiary alicyclic amines) is 1. The second-order valence-electron chi connectivity index (χ2n) is 2.91. The first-order valence-electron chi connectivity index (χ1n) is 4.05. The summed E-state index contributed by atoms with van der Waals surface area (Å²) in [6.45, 7) is 0.740. The minimum absolute atomic E-state index is 0.109. The van der Waals surface area contributed by atoms with Crippen molar-refractivity contribution in [1.82, 2.24) is 4.90 Å². The molecule has 1 rings (SSSR count). The Bertz CT molecular complexity index is 232. The van der Waals surface area contributed by atoms with Crippen LogP contribution in [-0.2, 0) is 0 Å². The average Bonchev–Trinajstić information content (AvgIpc) is 2.17. The number of piperidine rings is 1. The maximum atomic E-state index is 12.9. The Hall–Kier alpha value is -0.770. The minimum Gasteiger partial charge on any atom is -0.465 e. The molecule has 5 heteroatoms. The van der Waals surface area contributed by atoms with Gasteiger partial charge in [0.15, 0.2) is 0 Å². The fourth-order valence-corrected chi connectivity index (χ4v) is 1.52. The summed E-state index contributed by atoms with van der Waals surface area (Å²) in [5.74, 6) is -0.408. The molecule has 0 unspecified atom stereocenters. The maximum absolute atomic E-state index is 12.9. The Labute approximate surface area is 80.8 Å². The zero-order valence-corrected chi connectivity index (χ0v) is 7.85. The average molecular weight is 208 g/mol. The standard InChI is InChI=1S/C8H11ClFNO2/c9-5-7(10)6-1-3-11(4-2-6)8(12)13/h1-5H2,(H,12,13). The smallest absolute Gasteiger partial charge is 0.407 e. The molecule has 1 aliphatic rings. The van der Waals surface area contributed by atoms with Gasteiger partial charge < -0.3 is 10.0 Å². The second kappa shape index (κ2) is 4.46. The summed E-state index contributed by atoms with van der Waals surface area (Å²) in [6.07, 6.45) is -0.0132. The molecule has 0 radical (unpaired) electrons. The van der Waals surface area contributed by atoms with E-state index in [1.165, 1.54) is 4.90 Å². The SMILES string of the molecule is O=C(O)N1CCC(=C(F)CCl)CC1. The molecule has 0 saturated carbocycles. The summed E-state index contributed by atoms with van der Waals surface area (Å²) in [7, 11) is 0. The number of carboxylic acid groups (broad SMARTS) is 1. The number of halogens is 2. The molecule has 74 valence electrons. The van der Waals surface area contributed by atoms with Gasteiger partial charge in [-0.3, -0.25) is 0 Å². The fourth-order valence-electron chi connectivity index (χ4n) is 1.33. The number of rotatable bonds is 1. The Kier molecular flexibility index (Phi) is 3.54. The van der Waals surface area contributed by atoms with Gasteiger partial charge in [-0.15, -0.1) is 11.6 Å². The zero-order valence-electron chi connectivity index (χ0n) is 7.09. The maximum Gasteiger partial charge on any atom is 0.407 e. The number of amides is 1. The fraction of sp³-hybridized carbons (Fsp3) is 0.625. The van der Waals surface area contributed by atoms with Crippen LogP contribution in [0.1, 0.15) is 12.8 Å². The molecule has 0 aromatic heterocycles. The van der Waals surface area contributed by atoms with E-state index in [4.69, 9.17) is 16.7 Å². The third-order valence-corrected chi connectivity index (χ3v) is 2.37. The Balaban J connectivity index is 2.52. The van der Waals surface area contributed by atoms with Crippen LogP contribution in [0.4, 0.5) is 9.18 Å². The van der Waals surface area contributed by atoms with Crippen LogP contribution in [0.5, 0.6) is 0 Å². The van der Waals surface area contributed by atoms with Gasteiger partial charge in [0.1, 0.15) is 5.83 Å². The van der Waals surface area contributed by atoms with E-state index < -0.39 is 6.09 Å². The summed E-state index contributed by atoms with van der Waals surface area (Å²) in [5, 5.41) is 8.61. The zero-order chi connectivity index (χ0) is 9.84. The van der Waals surface area contributed by atoms with Gasteiger partial charge in [-0.2, -0.15) is 0 Å². The molecule has 0 aromatic rings. The quantitative estimate of drug-likeness (QED) is 0.670. The van der Waals surface area contributed by atoms with Gasteiger partial charge in [0.25, 0.3) is 0 Å². The van der Waals surface area contributed by atoms with E-state index >= 15 is 0 Å². The molecular weight excluding hydrogens is 197 g/mol. The molecule has 13 heavy (non-hydrogen) atoms. The van der Waals surface area contributed by atoms with Gasteiger partial charge in [0.05, 0.1) is 5.88 Å². The topological polar surface area (TPSA) is 40.5 Å². The highest BCUT2D eigenvalue weighted by atomic mass is 35.5. The van der Waals surface area contributed by atoms with Crippen molar-refractivity contribution in [3.8, 4) is 0 Å². The Morgan fingerprint density at radius 2 is 2.08 bits per heavy atom. The van der Waals surface area contributed by atoms with Crippen molar-refractivity contribution >= 4 is 17.7 Å². The summed E-state index contributed by atoms with van der Waals surface area (Å²) >= 11 is 5.32. The highest BCUT2D eigenvalue weighted by molar-refractivity contribution is 6.19. The van der Waals surface area contributed by atoms with Crippen molar-refractivity contribution in [2.45, 2.75) is 12.8 Å². The van der Waals surface area contributed by atoms with E-state index in [2.05, 4.69) is 0 Å². The highest BCUT2D eigenvalue weighted by Gasteiger charge is 2.19. The molecule has 1 aliphatic heterocycles. The molecule has 1 saturated heterocycles. The van der Waals surface area contributed by atoms with Crippen LogP contribution >= 0.6 is 11.6 Å². The van der Waals surface area contributed by atoms with Crippen LogP contribution in [0.25, 0.3) is 0 Å². The van der Waals surface area contributed by atoms with Gasteiger partial charge in [-0.25, -0.2) is 9.18 Å². The van der Waals surface area contributed by atoms with Gasteiger partial charge >= 0.3 is 6.09 Å². The number of hydrogen-bond acceptors (Lipinski definition) is 1.